The van der Waals surface area contributed by atoms with Gasteiger partial charge in [0.25, 0.3) is 0 Å². The number of halogens is 1. The summed E-state index contributed by atoms with van der Waals surface area (Å²) in [5.74, 6) is 1.16. The Morgan fingerprint density at radius 1 is 1.21 bits per heavy atom. The third-order valence-corrected chi connectivity index (χ3v) is 4.46. The highest BCUT2D eigenvalue weighted by molar-refractivity contribution is 9.10. The highest BCUT2D eigenvalue weighted by atomic mass is 79.9. The van der Waals surface area contributed by atoms with Gasteiger partial charge in [0.2, 0.25) is 0 Å². The summed E-state index contributed by atoms with van der Waals surface area (Å²) >= 11 is 5.06. The molecule has 2 aromatic heterocycles. The van der Waals surface area contributed by atoms with Crippen molar-refractivity contribution in [2.45, 2.75) is 6.92 Å². The predicted octanol–water partition coefficient (Wildman–Crippen LogP) is 4.72. The number of hydrogen-bond acceptors (Lipinski definition) is 4. The van der Waals surface area contributed by atoms with Crippen molar-refractivity contribution in [3.8, 4) is 21.8 Å². The Morgan fingerprint density at radius 3 is 2.58 bits per heavy atom. The molecule has 0 saturated carbocycles. The summed E-state index contributed by atoms with van der Waals surface area (Å²) in [7, 11) is 0. The van der Waals surface area contributed by atoms with Crippen molar-refractivity contribution in [3.63, 3.8) is 0 Å². The highest BCUT2D eigenvalue weighted by Gasteiger charge is 2.19. The molecule has 0 spiro atoms. The molecule has 2 heterocycles. The van der Waals surface area contributed by atoms with Crippen LogP contribution in [0.1, 0.15) is 5.56 Å². The molecular formula is C14H11BrN2OS. The van der Waals surface area contributed by atoms with Gasteiger partial charge in [0.15, 0.2) is 11.6 Å². The van der Waals surface area contributed by atoms with Gasteiger partial charge in [-0.2, -0.15) is 0 Å². The molecular weight excluding hydrogens is 324 g/mol. The van der Waals surface area contributed by atoms with Crippen LogP contribution in [0, 0.1) is 6.92 Å². The summed E-state index contributed by atoms with van der Waals surface area (Å²) < 4.78 is 6.46. The van der Waals surface area contributed by atoms with Crippen molar-refractivity contribution in [3.05, 3.63) is 45.7 Å². The Hall–Kier alpha value is -1.59. The van der Waals surface area contributed by atoms with Crippen LogP contribution in [0.4, 0.5) is 5.82 Å². The fourth-order valence-electron chi connectivity index (χ4n) is 1.96. The number of nitrogens with two attached hydrogens (primary N) is 1. The molecule has 0 amide bonds. The summed E-state index contributed by atoms with van der Waals surface area (Å²) in [6.07, 6.45) is 0. The lowest BCUT2D eigenvalue weighted by molar-refractivity contribution is 0.437. The minimum Gasteiger partial charge on any atom is -0.380 e. The quantitative estimate of drug-likeness (QED) is 0.737. The molecule has 3 aromatic rings. The van der Waals surface area contributed by atoms with Crippen molar-refractivity contribution in [1.29, 1.82) is 0 Å². The van der Waals surface area contributed by atoms with Crippen LogP contribution in [0.15, 0.2) is 44.7 Å². The van der Waals surface area contributed by atoms with Gasteiger partial charge in [0.05, 0.1) is 10.4 Å². The minimum absolute atomic E-state index is 0.421. The van der Waals surface area contributed by atoms with E-state index in [1.165, 1.54) is 5.56 Å². The number of thiophene rings is 1. The van der Waals surface area contributed by atoms with Gasteiger partial charge in [-0.15, -0.1) is 11.3 Å². The second kappa shape index (κ2) is 4.83. The van der Waals surface area contributed by atoms with Crippen LogP contribution >= 0.6 is 27.3 Å². The summed E-state index contributed by atoms with van der Waals surface area (Å²) in [4.78, 5) is 1.07. The van der Waals surface area contributed by atoms with Crippen molar-refractivity contribution in [1.82, 2.24) is 5.16 Å². The van der Waals surface area contributed by atoms with Crippen LogP contribution in [0.2, 0.25) is 0 Å². The number of rotatable bonds is 2. The van der Waals surface area contributed by atoms with E-state index in [-0.39, 0.29) is 0 Å². The van der Waals surface area contributed by atoms with E-state index in [0.717, 1.165) is 26.2 Å². The molecule has 3 nitrogen and oxygen atoms in total. The average Bonchev–Trinajstić information content (AvgIpc) is 2.97. The second-order valence-corrected chi connectivity index (χ2v) is 6.04. The summed E-state index contributed by atoms with van der Waals surface area (Å²) in [6.45, 7) is 2.05. The molecule has 0 atom stereocenters. The van der Waals surface area contributed by atoms with Gasteiger partial charge in [-0.05, 0) is 41.6 Å². The normalized spacial score (nSPS) is 10.8. The fourth-order valence-corrected chi connectivity index (χ4v) is 3.13. The highest BCUT2D eigenvalue weighted by Crippen LogP contribution is 2.40. The lowest BCUT2D eigenvalue weighted by Gasteiger charge is -2.02. The van der Waals surface area contributed by atoms with E-state index >= 15 is 0 Å². The first-order valence-corrected chi connectivity index (χ1v) is 7.39. The van der Waals surface area contributed by atoms with Gasteiger partial charge in [-0.1, -0.05) is 33.2 Å². The van der Waals surface area contributed by atoms with E-state index in [9.17, 15) is 0 Å². The second-order valence-electron chi connectivity index (χ2n) is 4.21. The third-order valence-electron chi connectivity index (χ3n) is 2.92. The van der Waals surface area contributed by atoms with Gasteiger partial charge < -0.3 is 10.3 Å². The summed E-state index contributed by atoms with van der Waals surface area (Å²) in [6, 6.07) is 10.0. The van der Waals surface area contributed by atoms with Gasteiger partial charge in [0.1, 0.15) is 0 Å². The van der Waals surface area contributed by atoms with E-state index in [1.807, 2.05) is 29.6 Å². The molecule has 0 aliphatic rings. The van der Waals surface area contributed by atoms with Gasteiger partial charge in [0, 0.05) is 4.47 Å². The van der Waals surface area contributed by atoms with E-state index in [2.05, 4.69) is 34.1 Å². The number of aryl methyl sites for hydroxylation is 1. The van der Waals surface area contributed by atoms with E-state index in [4.69, 9.17) is 10.3 Å². The first-order chi connectivity index (χ1) is 9.16. The Labute approximate surface area is 123 Å². The maximum absolute atomic E-state index is 5.96. The zero-order chi connectivity index (χ0) is 13.4. The van der Waals surface area contributed by atoms with Crippen molar-refractivity contribution >= 4 is 33.1 Å². The molecule has 19 heavy (non-hydrogen) atoms. The first kappa shape index (κ1) is 12.4. The molecule has 0 fully saturated rings. The molecule has 3 rings (SSSR count). The van der Waals surface area contributed by atoms with E-state index < -0.39 is 0 Å². The first-order valence-electron chi connectivity index (χ1n) is 5.72. The van der Waals surface area contributed by atoms with Crippen molar-refractivity contribution in [2.75, 3.05) is 5.73 Å². The molecule has 96 valence electrons. The topological polar surface area (TPSA) is 52.0 Å². The number of anilines is 1. The van der Waals surface area contributed by atoms with Crippen LogP contribution in [-0.2, 0) is 0 Å². The summed E-state index contributed by atoms with van der Waals surface area (Å²) in [5.41, 5.74) is 8.99. The molecule has 2 N–H and O–H groups in total. The molecule has 5 heteroatoms. The average molecular weight is 335 g/mol. The zero-order valence-electron chi connectivity index (χ0n) is 10.2. The Balaban J connectivity index is 2.19. The van der Waals surface area contributed by atoms with Crippen LogP contribution in [0.25, 0.3) is 21.8 Å². The minimum atomic E-state index is 0.421. The molecule has 0 radical (unpaired) electrons. The monoisotopic (exact) mass is 334 g/mol. The molecule has 0 unspecified atom stereocenters. The molecule has 0 bridgehead atoms. The summed E-state index contributed by atoms with van der Waals surface area (Å²) in [5, 5.41) is 5.95. The van der Waals surface area contributed by atoms with Crippen LogP contribution < -0.4 is 5.73 Å². The standard InChI is InChI=1S/C14H11BrN2OS/c1-8-6-7-19-13(8)12-11(14(16)17-18-12)9-2-4-10(15)5-3-9/h2-7H,1H3,(H2,16,17). The van der Waals surface area contributed by atoms with Crippen molar-refractivity contribution in [2.24, 2.45) is 0 Å². The fraction of sp³-hybridized carbons (Fsp3) is 0.0714. The Kier molecular flexibility index (Phi) is 3.16. The molecule has 0 saturated heterocycles. The third kappa shape index (κ3) is 2.19. The van der Waals surface area contributed by atoms with Gasteiger partial charge in [-0.3, -0.25) is 0 Å². The molecule has 0 aliphatic carbocycles. The number of hydrogen-bond donors (Lipinski definition) is 1. The van der Waals surface area contributed by atoms with Gasteiger partial charge in [-0.25, -0.2) is 0 Å². The lowest BCUT2D eigenvalue weighted by Crippen LogP contribution is -1.88. The molecule has 1 aromatic carbocycles. The number of nitrogens with zero attached hydrogens (tertiary/aromatic N) is 1. The Bertz CT molecular complexity index is 715. The maximum Gasteiger partial charge on any atom is 0.187 e. The van der Waals surface area contributed by atoms with Crippen LogP contribution in [-0.4, -0.2) is 5.16 Å². The number of aromatic nitrogens is 1. The van der Waals surface area contributed by atoms with E-state index in [0.29, 0.717) is 5.82 Å². The van der Waals surface area contributed by atoms with Crippen LogP contribution in [0.3, 0.4) is 0 Å². The smallest absolute Gasteiger partial charge is 0.187 e. The van der Waals surface area contributed by atoms with Gasteiger partial charge >= 0.3 is 0 Å². The molecule has 0 aliphatic heterocycles. The SMILES string of the molecule is Cc1ccsc1-c1onc(N)c1-c1ccc(Br)cc1. The predicted molar refractivity (Wildman–Crippen MR) is 82.1 cm³/mol. The lowest BCUT2D eigenvalue weighted by atomic mass is 10.0. The number of nitrogen functional groups attached to an aromatic ring is 1. The largest absolute Gasteiger partial charge is 0.380 e. The van der Waals surface area contributed by atoms with Crippen LogP contribution in [0.5, 0.6) is 0 Å². The maximum atomic E-state index is 5.96. The number of benzene rings is 1. The van der Waals surface area contributed by atoms with E-state index in [1.54, 1.807) is 11.3 Å². The Morgan fingerprint density at radius 2 is 1.95 bits per heavy atom. The zero-order valence-corrected chi connectivity index (χ0v) is 12.6. The van der Waals surface area contributed by atoms with Crippen molar-refractivity contribution < 1.29 is 4.52 Å².